The zero-order chi connectivity index (χ0) is 22.9. The molecule has 4 rings (SSSR count). The van der Waals surface area contributed by atoms with Gasteiger partial charge in [0.05, 0.1) is 34.9 Å². The molecule has 3 aromatic rings. The Bertz CT molecular complexity index is 1230. The van der Waals surface area contributed by atoms with Gasteiger partial charge in [-0.1, -0.05) is 23.2 Å². The van der Waals surface area contributed by atoms with Crippen molar-refractivity contribution in [1.82, 2.24) is 9.29 Å². The second-order valence-electron chi connectivity index (χ2n) is 7.05. The summed E-state index contributed by atoms with van der Waals surface area (Å²) in [7, 11) is -0.413. The second-order valence-corrected chi connectivity index (χ2v) is 10.6. The Morgan fingerprint density at radius 1 is 0.969 bits per heavy atom. The van der Waals surface area contributed by atoms with E-state index in [2.05, 4.69) is 4.90 Å². The number of rotatable bonds is 6. The van der Waals surface area contributed by atoms with Gasteiger partial charge < -0.3 is 14.4 Å². The van der Waals surface area contributed by atoms with Gasteiger partial charge in [0, 0.05) is 37.1 Å². The van der Waals surface area contributed by atoms with Crippen LogP contribution in [0.4, 0.5) is 5.13 Å². The van der Waals surface area contributed by atoms with Crippen molar-refractivity contribution in [2.45, 2.75) is 4.90 Å². The Hall–Kier alpha value is -2.04. The average molecular weight is 514 g/mol. The van der Waals surface area contributed by atoms with Crippen molar-refractivity contribution in [2.75, 3.05) is 45.3 Å². The van der Waals surface area contributed by atoms with E-state index in [0.29, 0.717) is 37.0 Å². The predicted octanol–water partition coefficient (Wildman–Crippen LogP) is 4.65. The minimum absolute atomic E-state index is 0.141. The quantitative estimate of drug-likeness (QED) is 0.477. The van der Waals surface area contributed by atoms with Gasteiger partial charge in [-0.05, 0) is 36.4 Å². The van der Waals surface area contributed by atoms with Gasteiger partial charge in [0.1, 0.15) is 11.5 Å². The fraction of sp³-hybridized carbons (Fsp3) is 0.286. The number of hydrogen-bond acceptors (Lipinski definition) is 7. The summed E-state index contributed by atoms with van der Waals surface area (Å²) in [6.07, 6.45) is 0. The van der Waals surface area contributed by atoms with Crippen molar-refractivity contribution in [3.63, 3.8) is 0 Å². The Morgan fingerprint density at radius 2 is 1.72 bits per heavy atom. The Labute approximate surface area is 201 Å². The molecule has 0 amide bonds. The van der Waals surface area contributed by atoms with E-state index < -0.39 is 10.0 Å². The Kier molecular flexibility index (Phi) is 6.83. The molecule has 0 spiro atoms. The first-order valence-corrected chi connectivity index (χ1v) is 12.8. The molecule has 0 bridgehead atoms. The number of ether oxygens (including phenoxy) is 2. The second kappa shape index (κ2) is 9.44. The molecule has 1 aromatic heterocycles. The van der Waals surface area contributed by atoms with Crippen molar-refractivity contribution in [3.8, 4) is 22.8 Å². The van der Waals surface area contributed by atoms with Crippen molar-refractivity contribution >= 4 is 49.7 Å². The van der Waals surface area contributed by atoms with E-state index >= 15 is 0 Å². The molecule has 1 aliphatic rings. The maximum absolute atomic E-state index is 13.0. The third kappa shape index (κ3) is 4.53. The molecule has 170 valence electrons. The smallest absolute Gasteiger partial charge is 0.243 e. The maximum Gasteiger partial charge on any atom is 0.243 e. The lowest BCUT2D eigenvalue weighted by Crippen LogP contribution is -2.48. The van der Waals surface area contributed by atoms with Crippen LogP contribution in [0.5, 0.6) is 11.5 Å². The van der Waals surface area contributed by atoms with Crippen LogP contribution >= 0.6 is 34.5 Å². The lowest BCUT2D eigenvalue weighted by atomic mass is 10.1. The molecule has 1 fully saturated rings. The van der Waals surface area contributed by atoms with Crippen molar-refractivity contribution in [3.05, 3.63) is 51.8 Å². The summed E-state index contributed by atoms with van der Waals surface area (Å²) >= 11 is 13.4. The molecule has 0 N–H and O–H groups in total. The van der Waals surface area contributed by atoms with Crippen molar-refractivity contribution in [1.29, 1.82) is 0 Å². The molecule has 0 unspecified atom stereocenters. The summed E-state index contributed by atoms with van der Waals surface area (Å²) in [6, 6.07) is 9.93. The van der Waals surface area contributed by atoms with Gasteiger partial charge in [-0.3, -0.25) is 0 Å². The van der Waals surface area contributed by atoms with Crippen LogP contribution in [0.15, 0.2) is 46.7 Å². The highest BCUT2D eigenvalue weighted by atomic mass is 35.5. The minimum Gasteiger partial charge on any atom is -0.497 e. The summed E-state index contributed by atoms with van der Waals surface area (Å²) in [5, 5.41) is 3.33. The molecule has 1 saturated heterocycles. The topological polar surface area (TPSA) is 72.0 Å². The number of piperazine rings is 1. The van der Waals surface area contributed by atoms with Crippen LogP contribution in [-0.2, 0) is 10.0 Å². The van der Waals surface area contributed by atoms with Crippen LogP contribution in [0.3, 0.4) is 0 Å². The van der Waals surface area contributed by atoms with Crippen molar-refractivity contribution < 1.29 is 17.9 Å². The lowest BCUT2D eigenvalue weighted by Gasteiger charge is -2.33. The first kappa shape index (κ1) is 23.1. The van der Waals surface area contributed by atoms with Gasteiger partial charge >= 0.3 is 0 Å². The van der Waals surface area contributed by atoms with E-state index in [9.17, 15) is 8.42 Å². The van der Waals surface area contributed by atoms with E-state index in [4.69, 9.17) is 37.7 Å². The summed E-state index contributed by atoms with van der Waals surface area (Å²) in [5.74, 6) is 1.43. The molecule has 7 nitrogen and oxygen atoms in total. The molecule has 0 atom stereocenters. The number of nitrogens with zero attached hydrogens (tertiary/aromatic N) is 3. The van der Waals surface area contributed by atoms with Crippen LogP contribution in [0.25, 0.3) is 11.3 Å². The maximum atomic E-state index is 13.0. The van der Waals surface area contributed by atoms with E-state index in [1.807, 2.05) is 23.6 Å². The third-order valence-corrected chi connectivity index (χ3v) is 8.75. The van der Waals surface area contributed by atoms with E-state index in [0.717, 1.165) is 22.1 Å². The molecule has 32 heavy (non-hydrogen) atoms. The normalized spacial score (nSPS) is 15.1. The monoisotopic (exact) mass is 513 g/mol. The van der Waals surface area contributed by atoms with Crippen LogP contribution < -0.4 is 14.4 Å². The van der Waals surface area contributed by atoms with Crippen LogP contribution in [-0.4, -0.2) is 58.1 Å². The average Bonchev–Trinajstić information content (AvgIpc) is 3.30. The first-order chi connectivity index (χ1) is 15.3. The number of halogens is 2. The summed E-state index contributed by atoms with van der Waals surface area (Å²) in [4.78, 5) is 6.99. The molecular formula is C21H21Cl2N3O4S2. The van der Waals surface area contributed by atoms with Gasteiger partial charge in [-0.2, -0.15) is 4.31 Å². The zero-order valence-electron chi connectivity index (χ0n) is 17.4. The van der Waals surface area contributed by atoms with Crippen LogP contribution in [0.1, 0.15) is 0 Å². The predicted molar refractivity (Wildman–Crippen MR) is 128 cm³/mol. The summed E-state index contributed by atoms with van der Waals surface area (Å²) in [6.45, 7) is 1.76. The number of methoxy groups -OCH3 is 2. The Balaban J connectivity index is 1.49. The number of anilines is 1. The fourth-order valence-corrected chi connectivity index (χ4v) is 6.14. The third-order valence-electron chi connectivity index (χ3n) is 5.21. The highest BCUT2D eigenvalue weighted by Gasteiger charge is 2.30. The number of hydrogen-bond donors (Lipinski definition) is 0. The standard InChI is InChI=1S/C21H21Cl2N3O4S2/c1-29-14-3-6-20(30-2)16(11-14)19-13-31-21(24-19)25-7-9-26(10-8-25)32(27,28)15-4-5-17(22)18(23)12-15/h3-6,11-13H,7-10H2,1-2H3. The summed E-state index contributed by atoms with van der Waals surface area (Å²) < 4.78 is 38.2. The number of aromatic nitrogens is 1. The van der Waals surface area contributed by atoms with Gasteiger partial charge in [0.15, 0.2) is 5.13 Å². The first-order valence-electron chi connectivity index (χ1n) is 9.71. The van der Waals surface area contributed by atoms with Gasteiger partial charge in [-0.15, -0.1) is 11.3 Å². The molecule has 0 saturated carbocycles. The molecular weight excluding hydrogens is 493 g/mol. The lowest BCUT2D eigenvalue weighted by molar-refractivity contribution is 0.385. The number of sulfonamides is 1. The Morgan fingerprint density at radius 3 is 2.38 bits per heavy atom. The van der Waals surface area contributed by atoms with Crippen LogP contribution in [0, 0.1) is 0 Å². The molecule has 0 radical (unpaired) electrons. The molecule has 11 heteroatoms. The largest absolute Gasteiger partial charge is 0.497 e. The van der Waals surface area contributed by atoms with Gasteiger partial charge in [0.2, 0.25) is 10.0 Å². The van der Waals surface area contributed by atoms with E-state index in [1.54, 1.807) is 14.2 Å². The molecule has 2 heterocycles. The van der Waals surface area contributed by atoms with E-state index in [1.165, 1.54) is 33.8 Å². The van der Waals surface area contributed by atoms with Gasteiger partial charge in [0.25, 0.3) is 0 Å². The molecule has 1 aliphatic heterocycles. The molecule has 2 aromatic carbocycles. The van der Waals surface area contributed by atoms with Crippen molar-refractivity contribution in [2.24, 2.45) is 0 Å². The highest BCUT2D eigenvalue weighted by molar-refractivity contribution is 7.89. The number of thiazole rings is 1. The zero-order valence-corrected chi connectivity index (χ0v) is 20.6. The minimum atomic E-state index is -3.65. The fourth-order valence-electron chi connectivity index (χ4n) is 3.45. The highest BCUT2D eigenvalue weighted by Crippen LogP contribution is 2.36. The SMILES string of the molecule is COc1ccc(OC)c(-c2csc(N3CCN(S(=O)(=O)c4ccc(Cl)c(Cl)c4)CC3)n2)c1. The van der Waals surface area contributed by atoms with E-state index in [-0.39, 0.29) is 9.92 Å². The van der Waals surface area contributed by atoms with Gasteiger partial charge in [-0.25, -0.2) is 13.4 Å². The summed E-state index contributed by atoms with van der Waals surface area (Å²) in [5.41, 5.74) is 1.63. The molecule has 0 aliphatic carbocycles. The number of benzene rings is 2. The van der Waals surface area contributed by atoms with Crippen LogP contribution in [0.2, 0.25) is 10.0 Å².